The Morgan fingerprint density at radius 1 is 1.29 bits per heavy atom. The first kappa shape index (κ1) is 14.4. The molecule has 0 saturated heterocycles. The molecule has 1 aliphatic heterocycles. The van der Waals surface area contributed by atoms with E-state index < -0.39 is 5.82 Å². The van der Waals surface area contributed by atoms with Gasteiger partial charge in [0.2, 0.25) is 0 Å². The summed E-state index contributed by atoms with van der Waals surface area (Å²) in [5.41, 5.74) is 1.72. The van der Waals surface area contributed by atoms with E-state index in [0.717, 1.165) is 21.9 Å². The second kappa shape index (κ2) is 5.66. The maximum Gasteiger partial charge on any atom is 0.127 e. The lowest BCUT2D eigenvalue weighted by Crippen LogP contribution is -2.26. The minimum atomic E-state index is -0.463. The lowest BCUT2D eigenvalue weighted by molar-refractivity contribution is 0.153. The van der Waals surface area contributed by atoms with Crippen LogP contribution in [-0.2, 0) is 0 Å². The molecule has 2 unspecified atom stereocenters. The zero-order valence-corrected chi connectivity index (χ0v) is 13.0. The summed E-state index contributed by atoms with van der Waals surface area (Å²) in [6.07, 6.45) is 0.374. The number of fused-ring (bicyclic) bond motifs is 1. The van der Waals surface area contributed by atoms with Crippen molar-refractivity contribution in [2.24, 2.45) is 0 Å². The highest BCUT2D eigenvalue weighted by Crippen LogP contribution is 2.42. The standard InChI is InChI=1S/C16H15BrFNO2/c1-19-14-8-15(9-4-11(18)7-12(20)5-9)21-16-6-10(17)2-3-13(14)16/h2-7,14-15,19-20H,8H2,1H3. The Kier molecular flexibility index (Phi) is 3.87. The van der Waals surface area contributed by atoms with E-state index >= 15 is 0 Å². The quantitative estimate of drug-likeness (QED) is 0.856. The lowest BCUT2D eigenvalue weighted by Gasteiger charge is -2.32. The number of ether oxygens (including phenoxy) is 1. The number of hydrogen-bond acceptors (Lipinski definition) is 3. The Morgan fingerprint density at radius 2 is 2.10 bits per heavy atom. The monoisotopic (exact) mass is 351 g/mol. The summed E-state index contributed by atoms with van der Waals surface area (Å²) in [7, 11) is 1.89. The van der Waals surface area contributed by atoms with E-state index in [1.807, 2.05) is 25.2 Å². The molecule has 0 radical (unpaired) electrons. The molecule has 0 spiro atoms. The predicted octanol–water partition coefficient (Wildman–Crippen LogP) is 4.08. The number of benzene rings is 2. The van der Waals surface area contributed by atoms with Crippen LogP contribution in [0.1, 0.15) is 29.7 Å². The molecule has 1 heterocycles. The number of hydrogen-bond donors (Lipinski definition) is 2. The van der Waals surface area contributed by atoms with Crippen LogP contribution in [0.4, 0.5) is 4.39 Å². The number of halogens is 2. The molecule has 0 aromatic heterocycles. The number of aromatic hydroxyl groups is 1. The third-order valence-corrected chi connectivity index (χ3v) is 4.19. The molecule has 3 nitrogen and oxygen atoms in total. The van der Waals surface area contributed by atoms with E-state index in [1.54, 1.807) is 6.07 Å². The Bertz CT molecular complexity index is 657. The van der Waals surface area contributed by atoms with Crippen LogP contribution in [0.5, 0.6) is 11.5 Å². The summed E-state index contributed by atoms with van der Waals surface area (Å²) in [6, 6.07) is 10.1. The average molecular weight is 352 g/mol. The van der Waals surface area contributed by atoms with Crippen molar-refractivity contribution in [3.8, 4) is 11.5 Å². The SMILES string of the molecule is CNC1CC(c2cc(O)cc(F)c2)Oc2cc(Br)ccc21. The Labute approximate surface area is 130 Å². The van der Waals surface area contributed by atoms with Gasteiger partial charge in [-0.25, -0.2) is 4.39 Å². The van der Waals surface area contributed by atoms with Crippen LogP contribution in [0.25, 0.3) is 0 Å². The first-order valence-electron chi connectivity index (χ1n) is 6.69. The van der Waals surface area contributed by atoms with Gasteiger partial charge in [-0.2, -0.15) is 0 Å². The molecular formula is C16H15BrFNO2. The summed E-state index contributed by atoms with van der Waals surface area (Å²) in [5, 5.41) is 12.8. The van der Waals surface area contributed by atoms with Gasteiger partial charge >= 0.3 is 0 Å². The van der Waals surface area contributed by atoms with Gasteiger partial charge in [0.15, 0.2) is 0 Å². The molecule has 5 heteroatoms. The zero-order valence-electron chi connectivity index (χ0n) is 11.4. The van der Waals surface area contributed by atoms with Gasteiger partial charge in [0.25, 0.3) is 0 Å². The Hall–Kier alpha value is -1.59. The molecule has 0 saturated carbocycles. The number of rotatable bonds is 2. The molecule has 2 N–H and O–H groups in total. The van der Waals surface area contributed by atoms with Crippen LogP contribution in [-0.4, -0.2) is 12.2 Å². The maximum absolute atomic E-state index is 13.5. The van der Waals surface area contributed by atoms with E-state index in [4.69, 9.17) is 4.74 Å². The summed E-state index contributed by atoms with van der Waals surface area (Å²) in [6.45, 7) is 0. The van der Waals surface area contributed by atoms with Gasteiger partial charge in [-0.1, -0.05) is 22.0 Å². The van der Waals surface area contributed by atoms with Crippen LogP contribution >= 0.6 is 15.9 Å². The van der Waals surface area contributed by atoms with Crippen LogP contribution in [0.2, 0.25) is 0 Å². The molecule has 110 valence electrons. The molecule has 3 rings (SSSR count). The zero-order chi connectivity index (χ0) is 15.0. The van der Waals surface area contributed by atoms with Gasteiger partial charge in [0.1, 0.15) is 23.4 Å². The van der Waals surface area contributed by atoms with Crippen molar-refractivity contribution in [1.82, 2.24) is 5.32 Å². The van der Waals surface area contributed by atoms with Crippen LogP contribution in [0.15, 0.2) is 40.9 Å². The second-order valence-corrected chi connectivity index (χ2v) is 6.02. The molecule has 21 heavy (non-hydrogen) atoms. The van der Waals surface area contributed by atoms with E-state index in [-0.39, 0.29) is 17.9 Å². The Morgan fingerprint density at radius 3 is 2.81 bits per heavy atom. The molecule has 0 bridgehead atoms. The summed E-state index contributed by atoms with van der Waals surface area (Å²) in [4.78, 5) is 0. The van der Waals surface area contributed by atoms with Crippen molar-refractivity contribution >= 4 is 15.9 Å². The van der Waals surface area contributed by atoms with Crippen molar-refractivity contribution in [3.05, 3.63) is 57.8 Å². The third-order valence-electron chi connectivity index (χ3n) is 3.70. The van der Waals surface area contributed by atoms with Crippen molar-refractivity contribution in [2.45, 2.75) is 18.6 Å². The van der Waals surface area contributed by atoms with E-state index in [1.165, 1.54) is 6.07 Å². The van der Waals surface area contributed by atoms with Gasteiger partial charge < -0.3 is 15.2 Å². The third kappa shape index (κ3) is 2.89. The largest absolute Gasteiger partial charge is 0.508 e. The molecule has 2 aromatic rings. The van der Waals surface area contributed by atoms with Crippen molar-refractivity contribution < 1.29 is 14.2 Å². The lowest BCUT2D eigenvalue weighted by atomic mass is 9.93. The first-order chi connectivity index (χ1) is 10.1. The molecule has 0 amide bonds. The van der Waals surface area contributed by atoms with Gasteiger partial charge in [-0.15, -0.1) is 0 Å². The van der Waals surface area contributed by atoms with E-state index in [0.29, 0.717) is 12.0 Å². The Balaban J connectivity index is 1.99. The number of phenols is 1. The second-order valence-electron chi connectivity index (χ2n) is 5.11. The van der Waals surface area contributed by atoms with E-state index in [9.17, 15) is 9.50 Å². The summed E-state index contributed by atoms with van der Waals surface area (Å²) in [5.74, 6) is 0.216. The molecule has 2 aromatic carbocycles. The molecule has 2 atom stereocenters. The van der Waals surface area contributed by atoms with Crippen LogP contribution in [0, 0.1) is 5.82 Å². The van der Waals surface area contributed by atoms with Gasteiger partial charge in [0.05, 0.1) is 0 Å². The van der Waals surface area contributed by atoms with Gasteiger partial charge in [-0.3, -0.25) is 0 Å². The summed E-state index contributed by atoms with van der Waals surface area (Å²) >= 11 is 3.43. The van der Waals surface area contributed by atoms with Gasteiger partial charge in [-0.05, 0) is 36.9 Å². The minimum Gasteiger partial charge on any atom is -0.508 e. The highest BCUT2D eigenvalue weighted by atomic mass is 79.9. The van der Waals surface area contributed by atoms with Crippen molar-refractivity contribution in [2.75, 3.05) is 7.05 Å². The highest BCUT2D eigenvalue weighted by molar-refractivity contribution is 9.10. The first-order valence-corrected chi connectivity index (χ1v) is 7.49. The fourth-order valence-corrected chi connectivity index (χ4v) is 3.04. The van der Waals surface area contributed by atoms with E-state index in [2.05, 4.69) is 21.2 Å². The topological polar surface area (TPSA) is 41.5 Å². The van der Waals surface area contributed by atoms with Gasteiger partial charge in [0, 0.05) is 28.6 Å². The maximum atomic E-state index is 13.5. The van der Waals surface area contributed by atoms with Crippen molar-refractivity contribution in [3.63, 3.8) is 0 Å². The van der Waals surface area contributed by atoms with Crippen LogP contribution in [0.3, 0.4) is 0 Å². The highest BCUT2D eigenvalue weighted by Gasteiger charge is 2.29. The number of phenolic OH excluding ortho intramolecular Hbond substituents is 1. The fraction of sp³-hybridized carbons (Fsp3) is 0.250. The average Bonchev–Trinajstić information content (AvgIpc) is 2.44. The predicted molar refractivity (Wildman–Crippen MR) is 82.0 cm³/mol. The molecule has 1 aliphatic rings. The fourth-order valence-electron chi connectivity index (χ4n) is 2.70. The normalized spacial score (nSPS) is 20.7. The minimum absolute atomic E-state index is 0.0883. The molecular weight excluding hydrogens is 337 g/mol. The van der Waals surface area contributed by atoms with Crippen LogP contribution < -0.4 is 10.1 Å². The number of nitrogens with one attached hydrogen (secondary N) is 1. The molecule has 0 aliphatic carbocycles. The summed E-state index contributed by atoms with van der Waals surface area (Å²) < 4.78 is 20.4. The smallest absolute Gasteiger partial charge is 0.127 e. The van der Waals surface area contributed by atoms with Crippen molar-refractivity contribution in [1.29, 1.82) is 0 Å². The molecule has 0 fully saturated rings.